The fourth-order valence-corrected chi connectivity index (χ4v) is 4.17. The number of carbonyl (C=O) groups excluding carboxylic acids is 1. The molecule has 1 aromatic heterocycles. The van der Waals surface area contributed by atoms with Crippen LogP contribution in [0.15, 0.2) is 53.7 Å². The first-order valence-corrected chi connectivity index (χ1v) is 10.1. The Labute approximate surface area is 167 Å². The van der Waals surface area contributed by atoms with Gasteiger partial charge in [-0.05, 0) is 36.4 Å². The maximum absolute atomic E-state index is 13.0. The molecule has 0 N–H and O–H groups in total. The molecule has 2 heterocycles. The molecule has 2 aromatic carbocycles. The highest BCUT2D eigenvalue weighted by molar-refractivity contribution is 7.99. The van der Waals surface area contributed by atoms with Crippen LogP contribution >= 0.6 is 11.8 Å². The van der Waals surface area contributed by atoms with Gasteiger partial charge in [-0.15, -0.1) is 0 Å². The van der Waals surface area contributed by atoms with E-state index in [1.54, 1.807) is 9.58 Å². The minimum Gasteiger partial charge on any atom is -0.854 e. The molecule has 1 amide bonds. The smallest absolute Gasteiger partial charge is 0.293 e. The lowest BCUT2D eigenvalue weighted by Gasteiger charge is -2.33. The van der Waals surface area contributed by atoms with E-state index in [2.05, 4.69) is 10.1 Å². The predicted molar refractivity (Wildman–Crippen MR) is 106 cm³/mol. The van der Waals surface area contributed by atoms with Gasteiger partial charge in [-0.3, -0.25) is 4.79 Å². The summed E-state index contributed by atoms with van der Waals surface area (Å²) in [5.41, 5.74) is 3.71. The van der Waals surface area contributed by atoms with E-state index in [0.29, 0.717) is 22.1 Å². The Kier molecular flexibility index (Phi) is 4.77. The van der Waals surface area contributed by atoms with Gasteiger partial charge in [0.1, 0.15) is 0 Å². The lowest BCUT2D eigenvalue weighted by Crippen LogP contribution is -2.59. The molecule has 4 rings (SSSR count). The minimum absolute atomic E-state index is 0.116. The van der Waals surface area contributed by atoms with Gasteiger partial charge < -0.3 is 5.11 Å². The molecule has 1 atom stereocenters. The van der Waals surface area contributed by atoms with E-state index in [-0.39, 0.29) is 11.8 Å². The molecule has 1 aliphatic rings. The van der Waals surface area contributed by atoms with Gasteiger partial charge in [-0.2, -0.15) is 0 Å². The number of hydrogen-bond donors (Lipinski definition) is 0. The fraction of sp³-hybridized carbons (Fsp3) is 0.238. The number of thioether (sulfide) groups is 1. The molecule has 0 radical (unpaired) electrons. The number of anilines is 1. The Morgan fingerprint density at radius 1 is 1.21 bits per heavy atom. The van der Waals surface area contributed by atoms with Crippen molar-refractivity contribution in [1.29, 1.82) is 0 Å². The second-order valence-corrected chi connectivity index (χ2v) is 7.79. The summed E-state index contributed by atoms with van der Waals surface area (Å²) < 4.78 is 1.67. The number of aromatic nitrogens is 3. The Morgan fingerprint density at radius 2 is 1.93 bits per heavy atom. The Bertz CT molecular complexity index is 1070. The largest absolute Gasteiger partial charge is 0.854 e. The van der Waals surface area contributed by atoms with Crippen molar-refractivity contribution in [3.05, 3.63) is 59.7 Å². The molecule has 6 nitrogen and oxygen atoms in total. The molecule has 3 aromatic rings. The van der Waals surface area contributed by atoms with E-state index >= 15 is 0 Å². The van der Waals surface area contributed by atoms with Gasteiger partial charge in [0.25, 0.3) is 17.0 Å². The van der Waals surface area contributed by atoms with Crippen LogP contribution in [0.4, 0.5) is 5.69 Å². The van der Waals surface area contributed by atoms with Crippen LogP contribution < -0.4 is 14.7 Å². The van der Waals surface area contributed by atoms with E-state index in [1.807, 2.05) is 62.4 Å². The van der Waals surface area contributed by atoms with Crippen LogP contribution in [0.25, 0.3) is 11.3 Å². The van der Waals surface area contributed by atoms with Crippen LogP contribution in [0.5, 0.6) is 5.88 Å². The van der Waals surface area contributed by atoms with Crippen molar-refractivity contribution in [2.45, 2.75) is 32.1 Å². The first kappa shape index (κ1) is 18.4. The van der Waals surface area contributed by atoms with Gasteiger partial charge in [-0.25, -0.2) is 9.88 Å². The molecule has 0 saturated carbocycles. The lowest BCUT2D eigenvalue weighted by molar-refractivity contribution is -0.764. The molecule has 0 aliphatic carbocycles. The standard InChI is InChI=1S/C21H20N4O2S/c1-4-28-21-22-19(27)18-16-11-7-8-12-17(16)24(14(3)26)20(25(18)23-21)15-10-6-5-9-13(15)2/h5-12,20H,4H2,1-3H3. The highest BCUT2D eigenvalue weighted by atomic mass is 32.2. The van der Waals surface area contributed by atoms with Gasteiger partial charge >= 0.3 is 0 Å². The number of nitrogens with zero attached hydrogens (tertiary/aromatic N) is 4. The SMILES string of the molecule is CCSc1nc([O-])c2[n+](n1)C(c1ccccc1C)N(C(C)=O)c1ccccc1-2. The Hall–Kier alpha value is -2.93. The van der Waals surface area contributed by atoms with E-state index in [1.165, 1.54) is 18.7 Å². The molecular formula is C21H20N4O2S. The minimum atomic E-state index is -0.546. The van der Waals surface area contributed by atoms with Crippen molar-refractivity contribution < 1.29 is 14.6 Å². The maximum Gasteiger partial charge on any atom is 0.293 e. The highest BCUT2D eigenvalue weighted by Crippen LogP contribution is 2.41. The maximum atomic E-state index is 13.0. The van der Waals surface area contributed by atoms with Gasteiger partial charge in [0.05, 0.1) is 17.1 Å². The molecule has 142 valence electrons. The number of amides is 1. The summed E-state index contributed by atoms with van der Waals surface area (Å²) in [7, 11) is 0. The summed E-state index contributed by atoms with van der Waals surface area (Å²) >= 11 is 1.41. The highest BCUT2D eigenvalue weighted by Gasteiger charge is 2.44. The molecule has 28 heavy (non-hydrogen) atoms. The normalized spacial score (nSPS) is 15.1. The average molecular weight is 392 g/mol. The molecule has 0 spiro atoms. The van der Waals surface area contributed by atoms with Crippen molar-refractivity contribution in [3.8, 4) is 17.1 Å². The number of para-hydroxylation sites is 1. The fourth-order valence-electron chi connectivity index (χ4n) is 3.62. The van der Waals surface area contributed by atoms with Crippen LogP contribution in [-0.2, 0) is 4.79 Å². The number of aryl methyl sites for hydroxylation is 1. The van der Waals surface area contributed by atoms with E-state index in [0.717, 1.165) is 16.9 Å². The summed E-state index contributed by atoms with van der Waals surface area (Å²) in [6, 6.07) is 15.3. The van der Waals surface area contributed by atoms with Crippen LogP contribution in [0.3, 0.4) is 0 Å². The lowest BCUT2D eigenvalue weighted by atomic mass is 9.99. The molecule has 0 bridgehead atoms. The topological polar surface area (TPSA) is 73.0 Å². The summed E-state index contributed by atoms with van der Waals surface area (Å²) in [6.45, 7) is 5.52. The first-order valence-electron chi connectivity index (χ1n) is 9.11. The number of benzene rings is 2. The summed E-state index contributed by atoms with van der Waals surface area (Å²) in [5, 5.41) is 18.1. The Morgan fingerprint density at radius 3 is 2.64 bits per heavy atom. The molecule has 1 aliphatic heterocycles. The monoisotopic (exact) mass is 392 g/mol. The second-order valence-electron chi connectivity index (χ2n) is 6.56. The van der Waals surface area contributed by atoms with Crippen molar-refractivity contribution >= 4 is 23.4 Å². The van der Waals surface area contributed by atoms with Crippen molar-refractivity contribution in [3.63, 3.8) is 0 Å². The van der Waals surface area contributed by atoms with Crippen molar-refractivity contribution in [1.82, 2.24) is 10.1 Å². The van der Waals surface area contributed by atoms with E-state index < -0.39 is 6.17 Å². The molecule has 0 fully saturated rings. The third kappa shape index (κ3) is 2.92. The summed E-state index contributed by atoms with van der Waals surface area (Å²) in [4.78, 5) is 18.6. The van der Waals surface area contributed by atoms with Crippen LogP contribution in [0.1, 0.15) is 31.1 Å². The van der Waals surface area contributed by atoms with Crippen molar-refractivity contribution in [2.24, 2.45) is 0 Å². The molecule has 0 saturated heterocycles. The summed E-state index contributed by atoms with van der Waals surface area (Å²) in [5.74, 6) is 0.302. The van der Waals surface area contributed by atoms with Gasteiger partial charge in [0, 0.05) is 17.6 Å². The molecule has 7 heteroatoms. The zero-order chi connectivity index (χ0) is 19.8. The number of fused-ring (bicyclic) bond motifs is 3. The average Bonchev–Trinajstić information content (AvgIpc) is 2.67. The van der Waals surface area contributed by atoms with Gasteiger partial charge in [0.15, 0.2) is 0 Å². The number of carbonyl (C=O) groups is 1. The van der Waals surface area contributed by atoms with Gasteiger partial charge in [0.2, 0.25) is 5.91 Å². The van der Waals surface area contributed by atoms with E-state index in [9.17, 15) is 9.90 Å². The molecular weight excluding hydrogens is 372 g/mol. The van der Waals surface area contributed by atoms with Crippen LogP contribution in [0.2, 0.25) is 0 Å². The Balaban J connectivity index is 2.08. The third-order valence-corrected chi connectivity index (χ3v) is 5.52. The summed E-state index contributed by atoms with van der Waals surface area (Å²) in [6.07, 6.45) is -0.546. The van der Waals surface area contributed by atoms with Crippen LogP contribution in [-0.4, -0.2) is 21.7 Å². The van der Waals surface area contributed by atoms with E-state index in [4.69, 9.17) is 0 Å². The quantitative estimate of drug-likeness (QED) is 0.506. The number of hydrogen-bond acceptors (Lipinski definition) is 5. The predicted octanol–water partition coefficient (Wildman–Crippen LogP) is 2.84. The van der Waals surface area contributed by atoms with Crippen LogP contribution in [0, 0.1) is 6.92 Å². The zero-order valence-corrected chi connectivity index (χ0v) is 16.7. The zero-order valence-electron chi connectivity index (χ0n) is 15.9. The second kappa shape index (κ2) is 7.24. The van der Waals surface area contributed by atoms with Crippen molar-refractivity contribution in [2.75, 3.05) is 10.7 Å². The third-order valence-electron chi connectivity index (χ3n) is 4.80. The molecule has 1 unspecified atom stereocenters. The van der Waals surface area contributed by atoms with Gasteiger partial charge in [-0.1, -0.05) is 53.7 Å². The first-order chi connectivity index (χ1) is 13.5. The number of rotatable bonds is 3.